The molecule has 3 heterocycles. The Morgan fingerprint density at radius 2 is 1.62 bits per heavy atom. The number of nitrogens with one attached hydrogen (secondary N) is 1. The molecule has 0 radical (unpaired) electrons. The number of primary sulfonamides is 1. The zero-order chi connectivity index (χ0) is 32.3. The molecular weight excluding hydrogens is 654 g/mol. The molecule has 0 saturated carbocycles. The summed E-state index contributed by atoms with van der Waals surface area (Å²) in [6, 6.07) is 17.7. The minimum atomic E-state index is -4.69. The van der Waals surface area contributed by atoms with Crippen LogP contribution in [0.25, 0.3) is 0 Å². The van der Waals surface area contributed by atoms with Crippen molar-refractivity contribution in [3.8, 4) is 0 Å². The van der Waals surface area contributed by atoms with Gasteiger partial charge >= 0.3 is 11.0 Å². The second-order valence-electron chi connectivity index (χ2n) is 10.3. The van der Waals surface area contributed by atoms with Gasteiger partial charge in [-0.2, -0.15) is 13.2 Å². The maximum Gasteiger partial charge on any atom is 0.416 e. The van der Waals surface area contributed by atoms with Crippen molar-refractivity contribution in [3.05, 3.63) is 105 Å². The predicted molar refractivity (Wildman–Crippen MR) is 160 cm³/mol. The van der Waals surface area contributed by atoms with Gasteiger partial charge in [-0.05, 0) is 48.0 Å². The van der Waals surface area contributed by atoms with Crippen molar-refractivity contribution in [2.24, 2.45) is 11.1 Å². The number of rotatable bonds is 6. The minimum Gasteiger partial charge on any atom is -0.325 e. The maximum atomic E-state index is 13.9. The number of nitrogens with zero attached hydrogens (tertiary/aromatic N) is 2. The maximum absolute atomic E-state index is 13.9. The lowest BCUT2D eigenvalue weighted by Crippen LogP contribution is -2.33. The Labute approximate surface area is 261 Å². The Morgan fingerprint density at radius 1 is 0.933 bits per heavy atom. The number of hydrogen-bond acceptors (Lipinski definition) is 8. The number of anilines is 2. The van der Waals surface area contributed by atoms with Crippen LogP contribution < -0.4 is 20.2 Å². The number of sulfonamides is 1. The molecular formula is C29H21F3N4O6S3. The molecule has 4 aromatic rings. The van der Waals surface area contributed by atoms with E-state index in [4.69, 9.17) is 5.14 Å². The number of thioether (sulfide) groups is 1. The predicted octanol–water partition coefficient (Wildman–Crippen LogP) is 4.01. The normalized spacial score (nSPS) is 19.7. The molecule has 232 valence electrons. The van der Waals surface area contributed by atoms with E-state index in [0.29, 0.717) is 15.5 Å². The summed E-state index contributed by atoms with van der Waals surface area (Å²) in [6.45, 7) is -0.465. The van der Waals surface area contributed by atoms with Crippen LogP contribution in [0.3, 0.4) is 0 Å². The highest BCUT2D eigenvalue weighted by molar-refractivity contribution is 8.00. The van der Waals surface area contributed by atoms with Gasteiger partial charge in [-0.3, -0.25) is 23.7 Å². The van der Waals surface area contributed by atoms with Crippen LogP contribution in [0, 0.1) is 5.92 Å². The molecule has 16 heteroatoms. The molecule has 0 aliphatic carbocycles. The molecule has 10 nitrogen and oxygen atoms in total. The average molecular weight is 675 g/mol. The van der Waals surface area contributed by atoms with E-state index in [0.717, 1.165) is 46.2 Å². The number of benzene rings is 3. The lowest BCUT2D eigenvalue weighted by atomic mass is 9.83. The lowest BCUT2D eigenvalue weighted by molar-refractivity contribution is -0.137. The SMILES string of the molecule is NS(=O)(=O)c1ccc(NC(=O)Cn2c3c(sc2=O)C(c2ccccc2)C2C(=O)N(c4cccc(C(F)(F)F)c4)C(=O)C2S3)cc1. The molecule has 6 rings (SSSR count). The number of fused-ring (bicyclic) bond motifs is 2. The Balaban J connectivity index is 1.36. The summed E-state index contributed by atoms with van der Waals surface area (Å²) in [5.41, 5.74) is -0.363. The van der Waals surface area contributed by atoms with Gasteiger partial charge in [0, 0.05) is 16.5 Å². The number of carbonyl (C=O) groups excluding carboxylic acids is 3. The third-order valence-electron chi connectivity index (χ3n) is 7.41. The lowest BCUT2D eigenvalue weighted by Gasteiger charge is -2.30. The standard InChI is InChI=1S/C29H21F3N4O6S3/c30-29(31,32)16-7-4-8-18(13-16)36-25(38)22-21(15-5-2-1-3-6-15)24-27(43-23(22)26(36)39)35(28(40)44-24)14-20(37)34-17-9-11-19(12-10-17)45(33,41)42/h1-13,21-23H,14H2,(H,34,37)(H2,33,41,42). The van der Waals surface area contributed by atoms with Gasteiger partial charge < -0.3 is 5.32 Å². The molecule has 2 aliphatic rings. The van der Waals surface area contributed by atoms with E-state index >= 15 is 0 Å². The number of thiazole rings is 1. The average Bonchev–Trinajstić information content (AvgIpc) is 3.43. The molecule has 1 aromatic heterocycles. The molecule has 1 saturated heterocycles. The fourth-order valence-corrected chi connectivity index (χ4v) is 8.71. The van der Waals surface area contributed by atoms with Crippen LogP contribution in [0.15, 0.2) is 93.6 Å². The molecule has 3 atom stereocenters. The molecule has 0 spiro atoms. The third-order valence-corrected chi connectivity index (χ3v) is 10.9. The zero-order valence-corrected chi connectivity index (χ0v) is 25.2. The first-order valence-electron chi connectivity index (χ1n) is 13.2. The number of carbonyl (C=O) groups is 3. The smallest absolute Gasteiger partial charge is 0.325 e. The van der Waals surface area contributed by atoms with Crippen molar-refractivity contribution in [2.75, 3.05) is 10.2 Å². The molecule has 3 amide bonds. The molecule has 3 N–H and O–H groups in total. The van der Waals surface area contributed by atoms with Crippen LogP contribution in [-0.2, 0) is 37.1 Å². The monoisotopic (exact) mass is 674 g/mol. The Morgan fingerprint density at radius 3 is 2.27 bits per heavy atom. The molecule has 1 fully saturated rings. The van der Waals surface area contributed by atoms with E-state index in [-0.39, 0.29) is 16.3 Å². The second-order valence-corrected chi connectivity index (χ2v) is 13.9. The van der Waals surface area contributed by atoms with Crippen LogP contribution in [0.5, 0.6) is 0 Å². The van der Waals surface area contributed by atoms with Crippen molar-refractivity contribution < 1.29 is 36.0 Å². The summed E-state index contributed by atoms with van der Waals surface area (Å²) in [5.74, 6) is -3.86. The Kier molecular flexibility index (Phi) is 7.71. The molecule has 45 heavy (non-hydrogen) atoms. The van der Waals surface area contributed by atoms with Gasteiger partial charge in [0.1, 0.15) is 11.8 Å². The zero-order valence-electron chi connectivity index (χ0n) is 22.7. The highest BCUT2D eigenvalue weighted by Crippen LogP contribution is 2.54. The summed E-state index contributed by atoms with van der Waals surface area (Å²) in [7, 11) is -3.94. The summed E-state index contributed by atoms with van der Waals surface area (Å²) < 4.78 is 64.6. The van der Waals surface area contributed by atoms with Crippen LogP contribution in [0.1, 0.15) is 21.9 Å². The van der Waals surface area contributed by atoms with Gasteiger partial charge in [0.15, 0.2) is 0 Å². The van der Waals surface area contributed by atoms with Crippen molar-refractivity contribution in [2.45, 2.75) is 33.8 Å². The highest BCUT2D eigenvalue weighted by Gasteiger charge is 2.57. The first kappa shape index (κ1) is 30.8. The number of imide groups is 1. The van der Waals surface area contributed by atoms with Crippen LogP contribution >= 0.6 is 23.1 Å². The van der Waals surface area contributed by atoms with Crippen LogP contribution in [0.2, 0.25) is 0 Å². The van der Waals surface area contributed by atoms with Crippen molar-refractivity contribution in [1.82, 2.24) is 4.57 Å². The van der Waals surface area contributed by atoms with Crippen molar-refractivity contribution in [3.63, 3.8) is 0 Å². The fraction of sp³-hybridized carbons (Fsp3) is 0.172. The van der Waals surface area contributed by atoms with E-state index in [1.165, 1.54) is 34.9 Å². The molecule has 3 unspecified atom stereocenters. The van der Waals surface area contributed by atoms with Gasteiger partial charge in [-0.25, -0.2) is 18.5 Å². The van der Waals surface area contributed by atoms with Crippen LogP contribution in [-0.4, -0.2) is 36.0 Å². The second kappa shape index (κ2) is 11.3. The summed E-state index contributed by atoms with van der Waals surface area (Å²) in [4.78, 5) is 54.5. The molecule has 0 bridgehead atoms. The first-order valence-corrected chi connectivity index (χ1v) is 16.4. The third kappa shape index (κ3) is 5.69. The summed E-state index contributed by atoms with van der Waals surface area (Å²) in [5, 5.41) is 6.90. The summed E-state index contributed by atoms with van der Waals surface area (Å²) in [6.07, 6.45) is -4.69. The fourth-order valence-electron chi connectivity index (χ4n) is 5.42. The quantitative estimate of drug-likeness (QED) is 0.294. The van der Waals surface area contributed by atoms with Gasteiger partial charge in [-0.1, -0.05) is 59.5 Å². The van der Waals surface area contributed by atoms with Gasteiger partial charge in [-0.15, -0.1) is 0 Å². The van der Waals surface area contributed by atoms with E-state index in [2.05, 4.69) is 5.32 Å². The Hall–Kier alpha value is -4.25. The van der Waals surface area contributed by atoms with E-state index < -0.39 is 68.0 Å². The van der Waals surface area contributed by atoms with Crippen molar-refractivity contribution in [1.29, 1.82) is 0 Å². The number of hydrogen-bond donors (Lipinski definition) is 2. The molecule has 2 aliphatic heterocycles. The number of aromatic nitrogens is 1. The highest BCUT2D eigenvalue weighted by atomic mass is 32.2. The van der Waals surface area contributed by atoms with E-state index in [9.17, 15) is 40.8 Å². The van der Waals surface area contributed by atoms with Gasteiger partial charge in [0.2, 0.25) is 27.7 Å². The Bertz CT molecular complexity index is 2010. The molecule has 3 aromatic carbocycles. The minimum absolute atomic E-state index is 0.156. The van der Waals surface area contributed by atoms with Crippen LogP contribution in [0.4, 0.5) is 24.5 Å². The number of alkyl halides is 3. The van der Waals surface area contributed by atoms with E-state index in [1.54, 1.807) is 30.3 Å². The summed E-state index contributed by atoms with van der Waals surface area (Å²) >= 11 is 1.75. The topological polar surface area (TPSA) is 149 Å². The first-order chi connectivity index (χ1) is 21.2. The van der Waals surface area contributed by atoms with Gasteiger partial charge in [0.05, 0.1) is 27.1 Å². The number of halogens is 3. The number of amides is 3. The van der Waals surface area contributed by atoms with E-state index in [1.807, 2.05) is 0 Å². The van der Waals surface area contributed by atoms with Gasteiger partial charge in [0.25, 0.3) is 0 Å². The van der Waals surface area contributed by atoms with Crippen molar-refractivity contribution >= 4 is 62.2 Å². The largest absolute Gasteiger partial charge is 0.416 e. The number of nitrogens with two attached hydrogens (primary N) is 1.